The molecule has 0 aromatic rings. The van der Waals surface area contributed by atoms with E-state index in [1.807, 2.05) is 0 Å². The molecule has 0 spiro atoms. The maximum Gasteiger partial charge on any atom is 0.0183 e. The zero-order chi connectivity index (χ0) is 13.1. The van der Waals surface area contributed by atoms with Crippen molar-refractivity contribution in [1.29, 1.82) is 0 Å². The van der Waals surface area contributed by atoms with Crippen molar-refractivity contribution in [3.8, 4) is 0 Å². The van der Waals surface area contributed by atoms with Gasteiger partial charge in [0.25, 0.3) is 0 Å². The molecule has 104 valence electrons. The molecule has 17 heavy (non-hydrogen) atoms. The zero-order valence-corrected chi connectivity index (χ0v) is 13.3. The SMILES string of the molecule is CCNC(CSCCN(CC)CC)C(C)CC. The Morgan fingerprint density at radius 1 is 1.12 bits per heavy atom. The standard InChI is InChI=1S/C14H32N2S/c1-6-13(5)14(15-7-2)12-17-11-10-16(8-3)9-4/h13-15H,6-12H2,1-5H3. The largest absolute Gasteiger partial charge is 0.313 e. The van der Waals surface area contributed by atoms with E-state index in [9.17, 15) is 0 Å². The Kier molecular flexibility index (Phi) is 11.5. The quantitative estimate of drug-likeness (QED) is 0.575. The third kappa shape index (κ3) is 8.06. The molecule has 3 heteroatoms. The fraction of sp³-hybridized carbons (Fsp3) is 1.00. The summed E-state index contributed by atoms with van der Waals surface area (Å²) in [5.41, 5.74) is 0. The lowest BCUT2D eigenvalue weighted by molar-refractivity contribution is 0.323. The van der Waals surface area contributed by atoms with Crippen LogP contribution in [0.4, 0.5) is 0 Å². The third-order valence-electron chi connectivity index (χ3n) is 3.54. The Hall–Kier alpha value is 0.270. The van der Waals surface area contributed by atoms with Gasteiger partial charge < -0.3 is 10.2 Å². The normalized spacial score (nSPS) is 15.2. The molecule has 0 radical (unpaired) electrons. The molecule has 2 unspecified atom stereocenters. The van der Waals surface area contributed by atoms with Gasteiger partial charge >= 0.3 is 0 Å². The van der Waals surface area contributed by atoms with Crippen molar-refractivity contribution in [2.24, 2.45) is 5.92 Å². The monoisotopic (exact) mass is 260 g/mol. The maximum absolute atomic E-state index is 3.61. The number of hydrogen-bond donors (Lipinski definition) is 1. The smallest absolute Gasteiger partial charge is 0.0183 e. The molecule has 0 amide bonds. The van der Waals surface area contributed by atoms with Gasteiger partial charge in [-0.3, -0.25) is 0 Å². The summed E-state index contributed by atoms with van der Waals surface area (Å²) < 4.78 is 0. The van der Waals surface area contributed by atoms with Crippen molar-refractivity contribution in [3.05, 3.63) is 0 Å². The number of thioether (sulfide) groups is 1. The molecule has 0 saturated carbocycles. The first-order chi connectivity index (χ1) is 8.19. The van der Waals surface area contributed by atoms with Gasteiger partial charge in [0.15, 0.2) is 0 Å². The summed E-state index contributed by atoms with van der Waals surface area (Å²) in [5.74, 6) is 3.31. The number of rotatable bonds is 11. The topological polar surface area (TPSA) is 15.3 Å². The first-order valence-corrected chi connectivity index (χ1v) is 8.38. The number of nitrogens with zero attached hydrogens (tertiary/aromatic N) is 1. The minimum atomic E-state index is 0.687. The third-order valence-corrected chi connectivity index (χ3v) is 4.61. The summed E-state index contributed by atoms with van der Waals surface area (Å²) in [6.45, 7) is 16.0. The highest BCUT2D eigenvalue weighted by Gasteiger charge is 2.14. The Balaban J connectivity index is 3.74. The van der Waals surface area contributed by atoms with Crippen LogP contribution in [-0.4, -0.2) is 48.6 Å². The molecule has 2 atom stereocenters. The van der Waals surface area contributed by atoms with Gasteiger partial charge in [0, 0.05) is 24.1 Å². The second kappa shape index (κ2) is 11.4. The molecule has 0 aromatic carbocycles. The number of hydrogen-bond acceptors (Lipinski definition) is 3. The van der Waals surface area contributed by atoms with Crippen molar-refractivity contribution >= 4 is 11.8 Å². The van der Waals surface area contributed by atoms with E-state index in [-0.39, 0.29) is 0 Å². The lowest BCUT2D eigenvalue weighted by Gasteiger charge is -2.24. The van der Waals surface area contributed by atoms with Crippen molar-refractivity contribution in [2.75, 3.05) is 37.7 Å². The summed E-state index contributed by atoms with van der Waals surface area (Å²) in [7, 11) is 0. The van der Waals surface area contributed by atoms with Crippen LogP contribution in [0.5, 0.6) is 0 Å². The van der Waals surface area contributed by atoms with E-state index in [1.54, 1.807) is 0 Å². The van der Waals surface area contributed by atoms with Crippen LogP contribution < -0.4 is 5.32 Å². The van der Waals surface area contributed by atoms with E-state index in [2.05, 4.69) is 56.6 Å². The Bertz CT molecular complexity index is 160. The van der Waals surface area contributed by atoms with Crippen molar-refractivity contribution in [1.82, 2.24) is 10.2 Å². The van der Waals surface area contributed by atoms with Crippen molar-refractivity contribution < 1.29 is 0 Å². The summed E-state index contributed by atoms with van der Waals surface area (Å²) in [6, 6.07) is 0.687. The Morgan fingerprint density at radius 2 is 1.76 bits per heavy atom. The van der Waals surface area contributed by atoms with Crippen molar-refractivity contribution in [3.63, 3.8) is 0 Å². The van der Waals surface area contributed by atoms with Gasteiger partial charge in [-0.05, 0) is 25.6 Å². The van der Waals surface area contributed by atoms with Crippen LogP contribution in [0.15, 0.2) is 0 Å². The molecule has 0 aliphatic heterocycles. The van der Waals surface area contributed by atoms with Gasteiger partial charge in [-0.1, -0.05) is 41.0 Å². The van der Waals surface area contributed by atoms with Crippen LogP contribution >= 0.6 is 11.8 Å². The fourth-order valence-electron chi connectivity index (χ4n) is 1.91. The van der Waals surface area contributed by atoms with E-state index in [1.165, 1.54) is 37.6 Å². The first-order valence-electron chi connectivity index (χ1n) is 7.22. The van der Waals surface area contributed by atoms with E-state index in [0.717, 1.165) is 12.5 Å². The number of nitrogens with one attached hydrogen (secondary N) is 1. The van der Waals surface area contributed by atoms with Crippen LogP contribution in [-0.2, 0) is 0 Å². The molecule has 0 aliphatic carbocycles. The van der Waals surface area contributed by atoms with Crippen LogP contribution in [0.2, 0.25) is 0 Å². The summed E-state index contributed by atoms with van der Waals surface area (Å²) in [6.07, 6.45) is 1.27. The van der Waals surface area contributed by atoms with E-state index in [4.69, 9.17) is 0 Å². The highest BCUT2D eigenvalue weighted by atomic mass is 32.2. The van der Waals surface area contributed by atoms with Gasteiger partial charge in [-0.25, -0.2) is 0 Å². The highest BCUT2D eigenvalue weighted by molar-refractivity contribution is 7.99. The Morgan fingerprint density at radius 3 is 2.24 bits per heavy atom. The molecule has 0 fully saturated rings. The van der Waals surface area contributed by atoms with E-state index >= 15 is 0 Å². The molecular formula is C14H32N2S. The predicted octanol–water partition coefficient (Wildman–Crippen LogP) is 3.09. The lowest BCUT2D eigenvalue weighted by Crippen LogP contribution is -2.37. The van der Waals surface area contributed by atoms with Crippen LogP contribution in [0.25, 0.3) is 0 Å². The van der Waals surface area contributed by atoms with Crippen LogP contribution in [0, 0.1) is 5.92 Å². The molecule has 1 N–H and O–H groups in total. The minimum Gasteiger partial charge on any atom is -0.313 e. The maximum atomic E-state index is 3.61. The lowest BCUT2D eigenvalue weighted by atomic mass is 10.0. The average Bonchev–Trinajstić information content (AvgIpc) is 2.36. The summed E-state index contributed by atoms with van der Waals surface area (Å²) >= 11 is 2.10. The van der Waals surface area contributed by atoms with Crippen LogP contribution in [0.3, 0.4) is 0 Å². The molecule has 0 aromatic heterocycles. The second-order valence-corrected chi connectivity index (χ2v) is 5.80. The van der Waals surface area contributed by atoms with Gasteiger partial charge in [0.2, 0.25) is 0 Å². The van der Waals surface area contributed by atoms with Gasteiger partial charge in [0.05, 0.1) is 0 Å². The molecule has 0 bridgehead atoms. The molecule has 0 saturated heterocycles. The Labute approximate surface area is 113 Å². The van der Waals surface area contributed by atoms with Crippen LogP contribution in [0.1, 0.15) is 41.0 Å². The fourth-order valence-corrected chi connectivity index (χ4v) is 3.17. The zero-order valence-electron chi connectivity index (χ0n) is 12.5. The summed E-state index contributed by atoms with van der Waals surface area (Å²) in [5, 5.41) is 3.61. The molecule has 0 heterocycles. The highest BCUT2D eigenvalue weighted by Crippen LogP contribution is 2.13. The molecule has 0 rings (SSSR count). The molecule has 2 nitrogen and oxygen atoms in total. The summed E-state index contributed by atoms with van der Waals surface area (Å²) in [4.78, 5) is 2.50. The van der Waals surface area contributed by atoms with Crippen molar-refractivity contribution in [2.45, 2.75) is 47.1 Å². The van der Waals surface area contributed by atoms with Gasteiger partial charge in [0.1, 0.15) is 0 Å². The average molecular weight is 260 g/mol. The minimum absolute atomic E-state index is 0.687. The molecular weight excluding hydrogens is 228 g/mol. The van der Waals surface area contributed by atoms with Gasteiger partial charge in [-0.2, -0.15) is 11.8 Å². The molecule has 0 aliphatic rings. The second-order valence-electron chi connectivity index (χ2n) is 4.65. The van der Waals surface area contributed by atoms with Gasteiger partial charge in [-0.15, -0.1) is 0 Å². The van der Waals surface area contributed by atoms with E-state index < -0.39 is 0 Å². The predicted molar refractivity (Wildman–Crippen MR) is 82.0 cm³/mol. The first kappa shape index (κ1) is 17.3. The van der Waals surface area contributed by atoms with E-state index in [0.29, 0.717) is 6.04 Å².